The Morgan fingerprint density at radius 1 is 0.969 bits per heavy atom. The Hall–Kier alpha value is -2.96. The molecule has 1 atom stereocenters. The lowest BCUT2D eigenvalue weighted by molar-refractivity contribution is -0.143. The molecule has 0 saturated heterocycles. The number of fused-ring (bicyclic) bond motifs is 3. The lowest BCUT2D eigenvalue weighted by Gasteiger charge is -2.18. The summed E-state index contributed by atoms with van der Waals surface area (Å²) in [5.41, 5.74) is 5.67. The second-order valence-corrected chi connectivity index (χ2v) is 8.84. The van der Waals surface area contributed by atoms with E-state index in [0.717, 1.165) is 21.2 Å². The van der Waals surface area contributed by atoms with Crippen LogP contribution in [0.25, 0.3) is 11.1 Å². The maximum Gasteiger partial charge on any atom is 0.319 e. The molecule has 3 aromatic rings. The van der Waals surface area contributed by atoms with Crippen molar-refractivity contribution in [1.82, 2.24) is 5.32 Å². The molecule has 3 aromatic carbocycles. The molecule has 0 radical (unpaired) electrons. The van der Waals surface area contributed by atoms with E-state index in [0.29, 0.717) is 6.42 Å². The fourth-order valence-corrected chi connectivity index (χ4v) is 4.72. The number of hydrogen-bond acceptors (Lipinski definition) is 4. The van der Waals surface area contributed by atoms with E-state index in [4.69, 9.17) is 4.74 Å². The molecule has 4 rings (SSSR count). The van der Waals surface area contributed by atoms with E-state index >= 15 is 0 Å². The lowest BCUT2D eigenvalue weighted by Crippen LogP contribution is -2.38. The van der Waals surface area contributed by atoms with Gasteiger partial charge >= 0.3 is 11.9 Å². The number of carbonyl (C=O) groups excluding carboxylic acids is 1. The third-order valence-corrected chi connectivity index (χ3v) is 6.19. The quantitative estimate of drug-likeness (QED) is 0.419. The van der Waals surface area contributed by atoms with Crippen LogP contribution >= 0.6 is 15.9 Å². The predicted molar refractivity (Wildman–Crippen MR) is 127 cm³/mol. The highest BCUT2D eigenvalue weighted by atomic mass is 79.9. The number of hydrogen-bond donors (Lipinski definition) is 2. The monoisotopic (exact) mass is 493 g/mol. The lowest BCUT2D eigenvalue weighted by atomic mass is 9.98. The third-order valence-electron chi connectivity index (χ3n) is 5.70. The standard InChI is InChI=1S/C26H24BrNO4/c27-18-7-5-6-17(12-18)13-19(14-25(29)30)28-15-26(31)32-16-24-22-10-3-1-8-20(22)21-9-2-4-11-23(21)24/h1-12,19,24,28H,13-16H2,(H,29,30). The fraction of sp³-hybridized carbons (Fsp3) is 0.231. The topological polar surface area (TPSA) is 75.6 Å². The SMILES string of the molecule is O=C(O)CC(Cc1cccc(Br)c1)NCC(=O)OCC1c2ccccc2-c2ccccc21. The van der Waals surface area contributed by atoms with Crippen LogP contribution in [0.3, 0.4) is 0 Å². The first kappa shape index (κ1) is 22.2. The summed E-state index contributed by atoms with van der Waals surface area (Å²) >= 11 is 3.43. The molecule has 0 saturated carbocycles. The number of carboxylic acids is 1. The number of ether oxygens (including phenoxy) is 1. The maximum atomic E-state index is 12.5. The number of halogens is 1. The number of aliphatic carboxylic acids is 1. The average molecular weight is 494 g/mol. The Morgan fingerprint density at radius 2 is 1.62 bits per heavy atom. The summed E-state index contributed by atoms with van der Waals surface area (Å²) in [7, 11) is 0. The minimum Gasteiger partial charge on any atom is -0.481 e. The van der Waals surface area contributed by atoms with E-state index in [1.54, 1.807) is 0 Å². The number of carbonyl (C=O) groups is 2. The first-order valence-electron chi connectivity index (χ1n) is 10.5. The summed E-state index contributed by atoms with van der Waals surface area (Å²) in [5.74, 6) is -1.30. The van der Waals surface area contributed by atoms with Gasteiger partial charge in [0.15, 0.2) is 0 Å². The Labute approximate surface area is 195 Å². The molecule has 6 heteroatoms. The summed E-state index contributed by atoms with van der Waals surface area (Å²) in [6.45, 7) is 0.214. The van der Waals surface area contributed by atoms with Crippen LogP contribution in [0.15, 0.2) is 77.3 Å². The van der Waals surface area contributed by atoms with Crippen molar-refractivity contribution < 1.29 is 19.4 Å². The predicted octanol–water partition coefficient (Wildman–Crippen LogP) is 4.78. The summed E-state index contributed by atoms with van der Waals surface area (Å²) in [5, 5.41) is 12.3. The highest BCUT2D eigenvalue weighted by molar-refractivity contribution is 9.10. The van der Waals surface area contributed by atoms with Gasteiger partial charge in [-0.25, -0.2) is 0 Å². The normalized spacial score (nSPS) is 13.3. The smallest absolute Gasteiger partial charge is 0.319 e. The van der Waals surface area contributed by atoms with E-state index < -0.39 is 11.9 Å². The molecule has 0 heterocycles. The first-order valence-corrected chi connectivity index (χ1v) is 11.3. The van der Waals surface area contributed by atoms with E-state index in [1.807, 2.05) is 48.5 Å². The van der Waals surface area contributed by atoms with Crippen molar-refractivity contribution in [2.45, 2.75) is 24.8 Å². The molecule has 1 aliphatic rings. The van der Waals surface area contributed by atoms with Crippen LogP contribution in [0, 0.1) is 0 Å². The molecule has 1 aliphatic carbocycles. The molecule has 0 aromatic heterocycles. The zero-order valence-corrected chi connectivity index (χ0v) is 19.0. The van der Waals surface area contributed by atoms with Gasteiger partial charge in [0.25, 0.3) is 0 Å². The van der Waals surface area contributed by atoms with Gasteiger partial charge in [0.1, 0.15) is 6.61 Å². The molecule has 0 bridgehead atoms. The van der Waals surface area contributed by atoms with Gasteiger partial charge in [-0.1, -0.05) is 76.6 Å². The van der Waals surface area contributed by atoms with Gasteiger partial charge < -0.3 is 15.2 Å². The Kier molecular flexibility index (Phi) is 7.02. The number of nitrogens with one attached hydrogen (secondary N) is 1. The number of benzene rings is 3. The summed E-state index contributed by atoms with van der Waals surface area (Å²) in [4.78, 5) is 23.8. The van der Waals surface area contributed by atoms with Gasteiger partial charge in [0.2, 0.25) is 0 Å². The third kappa shape index (κ3) is 5.26. The molecule has 0 aliphatic heterocycles. The molecule has 2 N–H and O–H groups in total. The summed E-state index contributed by atoms with van der Waals surface area (Å²) in [6.07, 6.45) is 0.422. The van der Waals surface area contributed by atoms with Crippen LogP contribution in [0.1, 0.15) is 29.0 Å². The minimum absolute atomic E-state index is 0.00263. The van der Waals surface area contributed by atoms with E-state index in [9.17, 15) is 14.7 Å². The van der Waals surface area contributed by atoms with Crippen molar-refractivity contribution >= 4 is 27.9 Å². The van der Waals surface area contributed by atoms with Crippen LogP contribution in [-0.2, 0) is 20.7 Å². The highest BCUT2D eigenvalue weighted by Gasteiger charge is 2.29. The minimum atomic E-state index is -0.912. The molecule has 32 heavy (non-hydrogen) atoms. The highest BCUT2D eigenvalue weighted by Crippen LogP contribution is 2.44. The van der Waals surface area contributed by atoms with Crippen LogP contribution in [-0.4, -0.2) is 36.2 Å². The van der Waals surface area contributed by atoms with Gasteiger partial charge in [-0.05, 0) is 46.4 Å². The van der Waals surface area contributed by atoms with Crippen molar-refractivity contribution in [3.05, 3.63) is 94.0 Å². The van der Waals surface area contributed by atoms with Crippen LogP contribution < -0.4 is 5.32 Å². The summed E-state index contributed by atoms with van der Waals surface area (Å²) < 4.78 is 6.54. The second-order valence-electron chi connectivity index (χ2n) is 7.92. The zero-order chi connectivity index (χ0) is 22.5. The Balaban J connectivity index is 1.36. The first-order chi connectivity index (χ1) is 15.5. The van der Waals surface area contributed by atoms with Crippen molar-refractivity contribution in [2.75, 3.05) is 13.2 Å². The molecule has 0 spiro atoms. The maximum absolute atomic E-state index is 12.5. The average Bonchev–Trinajstić information content (AvgIpc) is 3.09. The van der Waals surface area contributed by atoms with Crippen LogP contribution in [0.5, 0.6) is 0 Å². The Bertz CT molecular complexity index is 1080. The molecular formula is C26H24BrNO4. The van der Waals surface area contributed by atoms with Crippen molar-refractivity contribution in [3.63, 3.8) is 0 Å². The van der Waals surface area contributed by atoms with E-state index in [2.05, 4.69) is 45.5 Å². The van der Waals surface area contributed by atoms with E-state index in [1.165, 1.54) is 11.1 Å². The summed E-state index contributed by atoms with van der Waals surface area (Å²) in [6, 6.07) is 23.7. The second kappa shape index (κ2) is 10.1. The van der Waals surface area contributed by atoms with Crippen molar-refractivity contribution in [2.24, 2.45) is 0 Å². The van der Waals surface area contributed by atoms with Gasteiger partial charge in [0.05, 0.1) is 13.0 Å². The Morgan fingerprint density at radius 3 is 2.25 bits per heavy atom. The molecule has 164 valence electrons. The van der Waals surface area contributed by atoms with E-state index in [-0.39, 0.29) is 31.5 Å². The van der Waals surface area contributed by atoms with Crippen LogP contribution in [0.2, 0.25) is 0 Å². The van der Waals surface area contributed by atoms with Gasteiger partial charge in [-0.3, -0.25) is 9.59 Å². The van der Waals surface area contributed by atoms with Crippen molar-refractivity contribution in [3.8, 4) is 11.1 Å². The molecular weight excluding hydrogens is 470 g/mol. The fourth-order valence-electron chi connectivity index (χ4n) is 4.27. The van der Waals surface area contributed by atoms with Crippen molar-refractivity contribution in [1.29, 1.82) is 0 Å². The molecule has 0 fully saturated rings. The van der Waals surface area contributed by atoms with Gasteiger partial charge in [-0.2, -0.15) is 0 Å². The number of carboxylic acid groups (broad SMARTS) is 1. The van der Waals surface area contributed by atoms with Gasteiger partial charge in [0, 0.05) is 16.4 Å². The number of rotatable bonds is 9. The van der Waals surface area contributed by atoms with Gasteiger partial charge in [-0.15, -0.1) is 0 Å². The largest absolute Gasteiger partial charge is 0.481 e. The molecule has 1 unspecified atom stereocenters. The zero-order valence-electron chi connectivity index (χ0n) is 17.5. The number of esters is 1. The molecule has 0 amide bonds. The van der Waals surface area contributed by atoms with Crippen LogP contribution in [0.4, 0.5) is 0 Å². The molecule has 5 nitrogen and oxygen atoms in total.